The van der Waals surface area contributed by atoms with E-state index in [2.05, 4.69) is 11.9 Å². The maximum Gasteiger partial charge on any atom is 0.416 e. The fourth-order valence-electron chi connectivity index (χ4n) is 2.43. The van der Waals surface area contributed by atoms with Crippen LogP contribution in [0.1, 0.15) is 62.1 Å². The Morgan fingerprint density at radius 1 is 1.30 bits per heavy atom. The van der Waals surface area contributed by atoms with Crippen molar-refractivity contribution in [2.45, 2.75) is 58.5 Å². The van der Waals surface area contributed by atoms with Gasteiger partial charge in [0.1, 0.15) is 0 Å². The molecule has 0 unspecified atom stereocenters. The van der Waals surface area contributed by atoms with Crippen LogP contribution in [-0.2, 0) is 6.18 Å². The van der Waals surface area contributed by atoms with Crippen LogP contribution >= 0.6 is 0 Å². The van der Waals surface area contributed by atoms with Crippen molar-refractivity contribution in [2.24, 2.45) is 4.99 Å². The molecular weight excluding hydrogens is 263 g/mol. The van der Waals surface area contributed by atoms with E-state index in [1.54, 1.807) is 13.0 Å². The molecule has 0 aliphatic heterocycles. The molecule has 1 aromatic carbocycles. The first kappa shape index (κ1) is 15.1. The van der Waals surface area contributed by atoms with Gasteiger partial charge in [-0.2, -0.15) is 13.2 Å². The number of hydrogen-bond donors (Lipinski definition) is 0. The van der Waals surface area contributed by atoms with Crippen molar-refractivity contribution >= 4 is 11.4 Å². The summed E-state index contributed by atoms with van der Waals surface area (Å²) in [6.07, 6.45) is -0.709. The highest BCUT2D eigenvalue weighted by molar-refractivity contribution is 5.85. The van der Waals surface area contributed by atoms with Gasteiger partial charge < -0.3 is 0 Å². The van der Waals surface area contributed by atoms with Gasteiger partial charge in [-0.05, 0) is 62.3 Å². The Morgan fingerprint density at radius 2 is 1.95 bits per heavy atom. The molecule has 0 saturated heterocycles. The lowest BCUT2D eigenvalue weighted by Crippen LogP contribution is -2.09. The van der Waals surface area contributed by atoms with Crippen LogP contribution < -0.4 is 0 Å². The molecule has 0 spiro atoms. The summed E-state index contributed by atoms with van der Waals surface area (Å²) in [6.45, 7) is 5.69. The smallest absolute Gasteiger partial charge is 0.258 e. The lowest BCUT2D eigenvalue weighted by atomic mass is 9.98. The van der Waals surface area contributed by atoms with Gasteiger partial charge in [0.15, 0.2) is 0 Å². The van der Waals surface area contributed by atoms with Gasteiger partial charge in [0.05, 0.1) is 11.3 Å². The number of benzene rings is 1. The zero-order valence-corrected chi connectivity index (χ0v) is 12.1. The van der Waals surface area contributed by atoms with Crippen molar-refractivity contribution in [2.75, 3.05) is 0 Å². The van der Waals surface area contributed by atoms with E-state index in [1.165, 1.54) is 6.07 Å². The number of hydrogen-bond acceptors (Lipinski definition) is 1. The molecule has 1 aliphatic carbocycles. The van der Waals surface area contributed by atoms with E-state index in [1.807, 2.05) is 6.92 Å². The van der Waals surface area contributed by atoms with Gasteiger partial charge in [-0.3, -0.25) is 4.99 Å². The Hall–Kier alpha value is -1.32. The summed E-state index contributed by atoms with van der Waals surface area (Å²) in [5, 5.41) is 0. The number of aliphatic imine (C=N–C) groups is 1. The standard InChI is InChI=1S/C16H20F3N/c1-4-5-11(3)20-15-9-13(12-6-7-12)14(8-10(15)2)16(17,18)19/h8-9,12H,4-7H2,1-3H3. The summed E-state index contributed by atoms with van der Waals surface area (Å²) in [5.74, 6) is 0.0626. The summed E-state index contributed by atoms with van der Waals surface area (Å²) in [4.78, 5) is 4.49. The lowest BCUT2D eigenvalue weighted by molar-refractivity contribution is -0.138. The Bertz CT molecular complexity index is 525. The van der Waals surface area contributed by atoms with Gasteiger partial charge in [-0.25, -0.2) is 0 Å². The van der Waals surface area contributed by atoms with Crippen molar-refractivity contribution in [1.82, 2.24) is 0 Å². The largest absolute Gasteiger partial charge is 0.416 e. The summed E-state index contributed by atoms with van der Waals surface area (Å²) in [7, 11) is 0. The van der Waals surface area contributed by atoms with E-state index in [-0.39, 0.29) is 5.92 Å². The zero-order valence-electron chi connectivity index (χ0n) is 12.1. The molecule has 20 heavy (non-hydrogen) atoms. The molecule has 0 atom stereocenters. The average molecular weight is 283 g/mol. The van der Waals surface area contributed by atoms with Gasteiger partial charge in [0, 0.05) is 5.71 Å². The summed E-state index contributed by atoms with van der Waals surface area (Å²) >= 11 is 0. The number of rotatable bonds is 4. The highest BCUT2D eigenvalue weighted by Gasteiger charge is 2.38. The number of nitrogens with zero attached hydrogens (tertiary/aromatic N) is 1. The van der Waals surface area contributed by atoms with E-state index in [4.69, 9.17) is 0 Å². The minimum Gasteiger partial charge on any atom is -0.258 e. The molecule has 110 valence electrons. The highest BCUT2D eigenvalue weighted by Crippen LogP contribution is 2.47. The molecule has 1 fully saturated rings. The fraction of sp³-hybridized carbons (Fsp3) is 0.562. The van der Waals surface area contributed by atoms with Crippen LogP contribution in [0.25, 0.3) is 0 Å². The third-order valence-corrected chi connectivity index (χ3v) is 3.61. The molecule has 4 heteroatoms. The van der Waals surface area contributed by atoms with Crippen LogP contribution in [0, 0.1) is 6.92 Å². The van der Waals surface area contributed by atoms with Crippen molar-refractivity contribution in [1.29, 1.82) is 0 Å². The van der Waals surface area contributed by atoms with E-state index in [9.17, 15) is 13.2 Å². The van der Waals surface area contributed by atoms with E-state index >= 15 is 0 Å². The van der Waals surface area contributed by atoms with Crippen LogP contribution in [0.5, 0.6) is 0 Å². The van der Waals surface area contributed by atoms with Gasteiger partial charge in [-0.15, -0.1) is 0 Å². The molecule has 1 aromatic rings. The first-order valence-corrected chi connectivity index (χ1v) is 7.08. The molecule has 1 saturated carbocycles. The van der Waals surface area contributed by atoms with Gasteiger partial charge in [0.25, 0.3) is 0 Å². The molecule has 0 radical (unpaired) electrons. The normalized spacial score (nSPS) is 16.6. The highest BCUT2D eigenvalue weighted by atomic mass is 19.4. The maximum absolute atomic E-state index is 13.1. The van der Waals surface area contributed by atoms with Crippen molar-refractivity contribution in [3.63, 3.8) is 0 Å². The van der Waals surface area contributed by atoms with Crippen LogP contribution in [0.3, 0.4) is 0 Å². The second-order valence-corrected chi connectivity index (χ2v) is 5.60. The lowest BCUT2D eigenvalue weighted by Gasteiger charge is -2.15. The number of halogens is 3. The van der Waals surface area contributed by atoms with Gasteiger partial charge in [-0.1, -0.05) is 13.3 Å². The topological polar surface area (TPSA) is 12.4 Å². The fourth-order valence-corrected chi connectivity index (χ4v) is 2.43. The van der Waals surface area contributed by atoms with E-state index < -0.39 is 11.7 Å². The van der Waals surface area contributed by atoms with E-state index in [0.717, 1.165) is 31.4 Å². The molecule has 1 aliphatic rings. The van der Waals surface area contributed by atoms with Crippen molar-refractivity contribution in [3.05, 3.63) is 28.8 Å². The molecule has 0 aromatic heterocycles. The van der Waals surface area contributed by atoms with Gasteiger partial charge in [0.2, 0.25) is 0 Å². The Balaban J connectivity index is 2.46. The third kappa shape index (κ3) is 3.41. The molecule has 0 bridgehead atoms. The van der Waals surface area contributed by atoms with Crippen LogP contribution in [0.15, 0.2) is 17.1 Å². The molecule has 2 rings (SSSR count). The number of aryl methyl sites for hydroxylation is 1. The minimum absolute atomic E-state index is 0.0626. The van der Waals surface area contributed by atoms with Crippen molar-refractivity contribution in [3.8, 4) is 0 Å². The SMILES string of the molecule is CCCC(C)=Nc1cc(C2CC2)c(C(F)(F)F)cc1C. The summed E-state index contributed by atoms with van der Waals surface area (Å²) in [5.41, 5.74) is 2.19. The quantitative estimate of drug-likeness (QED) is 0.621. The Kier molecular flexibility index (Phi) is 4.21. The third-order valence-electron chi connectivity index (χ3n) is 3.61. The predicted octanol–water partition coefficient (Wildman–Crippen LogP) is 5.78. The Morgan fingerprint density at radius 3 is 2.45 bits per heavy atom. The second-order valence-electron chi connectivity index (χ2n) is 5.60. The zero-order chi connectivity index (χ0) is 14.9. The van der Waals surface area contributed by atoms with E-state index in [0.29, 0.717) is 16.8 Å². The predicted molar refractivity (Wildman–Crippen MR) is 75.8 cm³/mol. The summed E-state index contributed by atoms with van der Waals surface area (Å²) in [6, 6.07) is 2.90. The van der Waals surface area contributed by atoms with Crippen LogP contribution in [-0.4, -0.2) is 5.71 Å². The molecule has 0 heterocycles. The monoisotopic (exact) mass is 283 g/mol. The first-order chi connectivity index (χ1) is 9.32. The van der Waals surface area contributed by atoms with Crippen LogP contribution in [0.2, 0.25) is 0 Å². The van der Waals surface area contributed by atoms with Crippen LogP contribution in [0.4, 0.5) is 18.9 Å². The van der Waals surface area contributed by atoms with Gasteiger partial charge >= 0.3 is 6.18 Å². The van der Waals surface area contributed by atoms with Crippen molar-refractivity contribution < 1.29 is 13.2 Å². The molecule has 0 N–H and O–H groups in total. The average Bonchev–Trinajstić information content (AvgIpc) is 3.14. The Labute approximate surface area is 117 Å². The number of alkyl halides is 3. The minimum atomic E-state index is -4.27. The maximum atomic E-state index is 13.1. The molecule has 0 amide bonds. The first-order valence-electron chi connectivity index (χ1n) is 7.08. The molecular formula is C16H20F3N. The molecule has 1 nitrogen and oxygen atoms in total. The second kappa shape index (κ2) is 5.58. The summed E-state index contributed by atoms with van der Waals surface area (Å²) < 4.78 is 39.3.